The van der Waals surface area contributed by atoms with E-state index in [4.69, 9.17) is 0 Å². The van der Waals surface area contributed by atoms with Crippen LogP contribution >= 0.6 is 11.8 Å². The summed E-state index contributed by atoms with van der Waals surface area (Å²) in [4.78, 5) is 15.1. The first-order chi connectivity index (χ1) is 9.22. The van der Waals surface area contributed by atoms with E-state index in [2.05, 4.69) is 5.32 Å². The zero-order valence-electron chi connectivity index (χ0n) is 11.1. The number of aliphatic hydroxyl groups excluding tert-OH is 1. The van der Waals surface area contributed by atoms with Crippen molar-refractivity contribution in [2.45, 2.75) is 17.7 Å². The first-order valence-corrected chi connectivity index (χ1v) is 7.76. The number of amides is 2. The van der Waals surface area contributed by atoms with E-state index < -0.39 is 0 Å². The summed E-state index contributed by atoms with van der Waals surface area (Å²) < 4.78 is 0. The Labute approximate surface area is 118 Å². The monoisotopic (exact) mass is 280 g/mol. The first kappa shape index (κ1) is 14.2. The number of thioether (sulfide) groups is 1. The van der Waals surface area contributed by atoms with Crippen molar-refractivity contribution >= 4 is 23.5 Å². The summed E-state index contributed by atoms with van der Waals surface area (Å²) in [6.45, 7) is 1.57. The van der Waals surface area contributed by atoms with Crippen molar-refractivity contribution in [1.82, 2.24) is 4.90 Å². The van der Waals surface area contributed by atoms with Gasteiger partial charge in [0, 0.05) is 30.3 Å². The smallest absolute Gasteiger partial charge is 0.321 e. The molecule has 1 unspecified atom stereocenters. The summed E-state index contributed by atoms with van der Waals surface area (Å²) in [5, 5.41) is 12.1. The molecule has 2 rings (SSSR count). The van der Waals surface area contributed by atoms with Crippen molar-refractivity contribution in [3.05, 3.63) is 24.3 Å². The molecule has 1 aromatic rings. The number of piperidine rings is 1. The highest BCUT2D eigenvalue weighted by Crippen LogP contribution is 2.19. The molecule has 1 fully saturated rings. The van der Waals surface area contributed by atoms with Crippen LogP contribution < -0.4 is 5.32 Å². The van der Waals surface area contributed by atoms with E-state index in [1.54, 1.807) is 16.7 Å². The molecule has 1 atom stereocenters. The topological polar surface area (TPSA) is 52.6 Å². The second kappa shape index (κ2) is 6.82. The number of hydrogen-bond acceptors (Lipinski definition) is 3. The lowest BCUT2D eigenvalue weighted by Gasteiger charge is -2.31. The van der Waals surface area contributed by atoms with Crippen LogP contribution in [0.15, 0.2) is 29.2 Å². The lowest BCUT2D eigenvalue weighted by atomic mass is 9.99. The van der Waals surface area contributed by atoms with E-state index >= 15 is 0 Å². The van der Waals surface area contributed by atoms with Crippen molar-refractivity contribution in [1.29, 1.82) is 0 Å². The van der Waals surface area contributed by atoms with Gasteiger partial charge in [-0.15, -0.1) is 11.8 Å². The number of urea groups is 1. The average molecular weight is 280 g/mol. The molecule has 0 bridgehead atoms. The van der Waals surface area contributed by atoms with Gasteiger partial charge in [0.05, 0.1) is 0 Å². The molecule has 5 heteroatoms. The number of benzene rings is 1. The third-order valence-electron chi connectivity index (χ3n) is 3.41. The molecule has 1 saturated heterocycles. The van der Waals surface area contributed by atoms with Crippen LogP contribution in [0.3, 0.4) is 0 Å². The molecular formula is C14H20N2O2S. The normalized spacial score (nSPS) is 19.3. The van der Waals surface area contributed by atoms with E-state index in [9.17, 15) is 9.90 Å². The molecule has 2 N–H and O–H groups in total. The van der Waals surface area contributed by atoms with Gasteiger partial charge in [0.1, 0.15) is 0 Å². The maximum Gasteiger partial charge on any atom is 0.321 e. The lowest BCUT2D eigenvalue weighted by molar-refractivity contribution is 0.136. The van der Waals surface area contributed by atoms with Gasteiger partial charge < -0.3 is 15.3 Å². The number of aliphatic hydroxyl groups is 1. The maximum absolute atomic E-state index is 12.1. The highest BCUT2D eigenvalue weighted by Gasteiger charge is 2.22. The number of carbonyl (C=O) groups is 1. The van der Waals surface area contributed by atoms with Crippen molar-refractivity contribution in [2.24, 2.45) is 5.92 Å². The van der Waals surface area contributed by atoms with Crippen LogP contribution in [0.5, 0.6) is 0 Å². The Morgan fingerprint density at radius 1 is 1.47 bits per heavy atom. The average Bonchev–Trinajstić information content (AvgIpc) is 2.48. The summed E-state index contributed by atoms with van der Waals surface area (Å²) in [6, 6.07) is 7.74. The number of rotatable bonds is 3. The molecule has 1 aromatic carbocycles. The van der Waals surface area contributed by atoms with E-state index in [0.717, 1.165) is 25.1 Å². The summed E-state index contributed by atoms with van der Waals surface area (Å²) in [5.41, 5.74) is 0.814. The third kappa shape index (κ3) is 3.88. The van der Waals surface area contributed by atoms with Crippen LogP contribution in [-0.4, -0.2) is 42.0 Å². The minimum atomic E-state index is -0.0740. The Hall–Kier alpha value is -1.20. The number of nitrogens with one attached hydrogen (secondary N) is 1. The molecule has 0 radical (unpaired) electrons. The molecule has 1 aliphatic rings. The first-order valence-electron chi connectivity index (χ1n) is 6.53. The summed E-state index contributed by atoms with van der Waals surface area (Å²) in [5.74, 6) is 0.221. The van der Waals surface area contributed by atoms with E-state index in [-0.39, 0.29) is 18.6 Å². The predicted octanol–water partition coefficient (Wildman–Crippen LogP) is 2.64. The van der Waals surface area contributed by atoms with Gasteiger partial charge >= 0.3 is 6.03 Å². The van der Waals surface area contributed by atoms with Gasteiger partial charge in [0.15, 0.2) is 0 Å². The molecule has 2 amide bonds. The standard InChI is InChI=1S/C14H20N2O2S/c1-19-13-6-4-12(5-7-13)15-14(18)16-8-2-3-11(9-16)10-17/h4-7,11,17H,2-3,8-10H2,1H3,(H,15,18). The molecule has 1 aliphatic heterocycles. The molecule has 0 aliphatic carbocycles. The zero-order valence-corrected chi connectivity index (χ0v) is 11.9. The minimum Gasteiger partial charge on any atom is -0.396 e. The van der Waals surface area contributed by atoms with Crippen LogP contribution in [0.1, 0.15) is 12.8 Å². The SMILES string of the molecule is CSc1ccc(NC(=O)N2CCCC(CO)C2)cc1. The van der Waals surface area contributed by atoms with Crippen molar-refractivity contribution in [2.75, 3.05) is 31.3 Å². The predicted molar refractivity (Wildman–Crippen MR) is 78.6 cm³/mol. The fourth-order valence-electron chi connectivity index (χ4n) is 2.28. The van der Waals surface area contributed by atoms with Crippen LogP contribution in [0.4, 0.5) is 10.5 Å². The largest absolute Gasteiger partial charge is 0.396 e. The van der Waals surface area contributed by atoms with Gasteiger partial charge in [0.25, 0.3) is 0 Å². The quantitative estimate of drug-likeness (QED) is 0.837. The highest BCUT2D eigenvalue weighted by atomic mass is 32.2. The van der Waals surface area contributed by atoms with Crippen LogP contribution in [-0.2, 0) is 0 Å². The Bertz CT molecular complexity index is 422. The molecule has 19 heavy (non-hydrogen) atoms. The number of hydrogen-bond donors (Lipinski definition) is 2. The Kier molecular flexibility index (Phi) is 5.10. The summed E-state index contributed by atoms with van der Waals surface area (Å²) in [6.07, 6.45) is 3.99. The van der Waals surface area contributed by atoms with Crippen LogP contribution in [0.2, 0.25) is 0 Å². The fraction of sp³-hybridized carbons (Fsp3) is 0.500. The van der Waals surface area contributed by atoms with E-state index in [1.165, 1.54) is 4.90 Å². The third-order valence-corrected chi connectivity index (χ3v) is 4.15. The number of nitrogens with zero attached hydrogens (tertiary/aromatic N) is 1. The highest BCUT2D eigenvalue weighted by molar-refractivity contribution is 7.98. The minimum absolute atomic E-state index is 0.0740. The Balaban J connectivity index is 1.92. The fourth-order valence-corrected chi connectivity index (χ4v) is 2.68. The molecular weight excluding hydrogens is 260 g/mol. The van der Waals surface area contributed by atoms with Crippen molar-refractivity contribution in [3.8, 4) is 0 Å². The summed E-state index contributed by atoms with van der Waals surface area (Å²) >= 11 is 1.68. The second-order valence-corrected chi connectivity index (χ2v) is 5.68. The van der Waals surface area contributed by atoms with E-state index in [0.29, 0.717) is 6.54 Å². The summed E-state index contributed by atoms with van der Waals surface area (Å²) in [7, 11) is 0. The molecule has 104 valence electrons. The second-order valence-electron chi connectivity index (χ2n) is 4.80. The van der Waals surface area contributed by atoms with Crippen LogP contribution in [0, 0.1) is 5.92 Å². The van der Waals surface area contributed by atoms with Gasteiger partial charge in [-0.25, -0.2) is 4.79 Å². The zero-order chi connectivity index (χ0) is 13.7. The van der Waals surface area contributed by atoms with Gasteiger partial charge in [-0.2, -0.15) is 0 Å². The maximum atomic E-state index is 12.1. The molecule has 1 heterocycles. The van der Waals surface area contributed by atoms with Crippen LogP contribution in [0.25, 0.3) is 0 Å². The van der Waals surface area contributed by atoms with E-state index in [1.807, 2.05) is 30.5 Å². The number of carbonyl (C=O) groups excluding carboxylic acids is 1. The molecule has 0 spiro atoms. The van der Waals surface area contributed by atoms with Gasteiger partial charge in [0.2, 0.25) is 0 Å². The lowest BCUT2D eigenvalue weighted by Crippen LogP contribution is -2.43. The number of anilines is 1. The molecule has 4 nitrogen and oxygen atoms in total. The van der Waals surface area contributed by atoms with Gasteiger partial charge in [-0.05, 0) is 49.3 Å². The van der Waals surface area contributed by atoms with Crippen molar-refractivity contribution < 1.29 is 9.90 Å². The van der Waals surface area contributed by atoms with Gasteiger partial charge in [-0.3, -0.25) is 0 Å². The van der Waals surface area contributed by atoms with Gasteiger partial charge in [-0.1, -0.05) is 0 Å². The molecule has 0 aromatic heterocycles. The van der Waals surface area contributed by atoms with Crippen molar-refractivity contribution in [3.63, 3.8) is 0 Å². The molecule has 0 saturated carbocycles. The Morgan fingerprint density at radius 2 is 2.21 bits per heavy atom. The Morgan fingerprint density at radius 3 is 2.84 bits per heavy atom. The number of likely N-dealkylation sites (tertiary alicyclic amines) is 1.